The van der Waals surface area contributed by atoms with Crippen LogP contribution in [0.5, 0.6) is 0 Å². The first-order valence-corrected chi connectivity index (χ1v) is 5.24. The lowest BCUT2D eigenvalue weighted by molar-refractivity contribution is -0.313. The zero-order valence-electron chi connectivity index (χ0n) is 10.1. The predicted molar refractivity (Wildman–Crippen MR) is 55.2 cm³/mol. The van der Waals surface area contributed by atoms with Crippen LogP contribution in [-0.4, -0.2) is 29.8 Å². The molecule has 2 atom stereocenters. The van der Waals surface area contributed by atoms with Crippen molar-refractivity contribution in [3.8, 4) is 0 Å². The van der Waals surface area contributed by atoms with Crippen molar-refractivity contribution in [2.75, 3.05) is 7.11 Å². The molecule has 0 saturated carbocycles. The van der Waals surface area contributed by atoms with Crippen LogP contribution in [0.2, 0.25) is 0 Å². The van der Waals surface area contributed by atoms with Crippen molar-refractivity contribution in [1.29, 1.82) is 0 Å². The minimum atomic E-state index is -1.64. The van der Waals surface area contributed by atoms with Crippen molar-refractivity contribution in [2.24, 2.45) is 11.8 Å². The Balaban J connectivity index is 4.41. The molecule has 0 aliphatic carbocycles. The van der Waals surface area contributed by atoms with Gasteiger partial charge in [-0.2, -0.15) is 0 Å². The number of ether oxygens (including phenoxy) is 1. The molecule has 0 aromatic rings. The van der Waals surface area contributed by atoms with Crippen LogP contribution in [0.25, 0.3) is 0 Å². The highest BCUT2D eigenvalue weighted by Gasteiger charge is 2.32. The monoisotopic (exact) mass is 231 g/mol. The molecule has 0 rings (SSSR count). The summed E-state index contributed by atoms with van der Waals surface area (Å²) in [5, 5.41) is 20.5. The van der Waals surface area contributed by atoms with Crippen LogP contribution in [0.4, 0.5) is 0 Å². The quantitative estimate of drug-likeness (QED) is 0.635. The van der Waals surface area contributed by atoms with E-state index in [9.17, 15) is 19.8 Å². The zero-order chi connectivity index (χ0) is 12.9. The lowest BCUT2D eigenvalue weighted by Crippen LogP contribution is -2.40. The fourth-order valence-corrected chi connectivity index (χ4v) is 1.48. The van der Waals surface area contributed by atoms with E-state index in [0.717, 1.165) is 0 Å². The standard InChI is InChI=1S/C11H20O5/c1-7(2)8(9(12)13)5-6-11(3,15)10(14)16-4/h7-8,15H,5-6H2,1-4H3,(H,12,13)/p-1. The summed E-state index contributed by atoms with van der Waals surface area (Å²) >= 11 is 0. The predicted octanol–water partition coefficient (Wildman–Crippen LogP) is -0.287. The summed E-state index contributed by atoms with van der Waals surface area (Å²) in [6.45, 7) is 4.83. The van der Waals surface area contributed by atoms with Gasteiger partial charge in [0.25, 0.3) is 0 Å². The van der Waals surface area contributed by atoms with E-state index in [1.54, 1.807) is 13.8 Å². The SMILES string of the molecule is COC(=O)C(C)(O)CCC(C(=O)[O-])C(C)C. The molecule has 0 radical (unpaired) electrons. The molecule has 0 aromatic carbocycles. The summed E-state index contributed by atoms with van der Waals surface area (Å²) in [6.07, 6.45) is 0.221. The van der Waals surface area contributed by atoms with Crippen molar-refractivity contribution in [1.82, 2.24) is 0 Å². The summed E-state index contributed by atoms with van der Waals surface area (Å²) in [4.78, 5) is 21.9. The van der Waals surface area contributed by atoms with Crippen LogP contribution in [0.1, 0.15) is 33.6 Å². The molecule has 5 heteroatoms. The van der Waals surface area contributed by atoms with Gasteiger partial charge in [-0.1, -0.05) is 13.8 Å². The fourth-order valence-electron chi connectivity index (χ4n) is 1.48. The minimum Gasteiger partial charge on any atom is -0.550 e. The first-order valence-electron chi connectivity index (χ1n) is 5.24. The van der Waals surface area contributed by atoms with E-state index in [1.807, 2.05) is 0 Å². The number of carboxylic acids is 1. The van der Waals surface area contributed by atoms with Gasteiger partial charge < -0.3 is 19.7 Å². The maximum atomic E-state index is 11.2. The lowest BCUT2D eigenvalue weighted by Gasteiger charge is -2.26. The minimum absolute atomic E-state index is 0.0382. The number of esters is 1. The number of carbonyl (C=O) groups excluding carboxylic acids is 2. The van der Waals surface area contributed by atoms with E-state index >= 15 is 0 Å². The van der Waals surface area contributed by atoms with Crippen molar-refractivity contribution >= 4 is 11.9 Å². The van der Waals surface area contributed by atoms with Gasteiger partial charge >= 0.3 is 5.97 Å². The molecule has 0 amide bonds. The summed E-state index contributed by atoms with van der Waals surface area (Å²) in [6, 6.07) is 0. The number of carbonyl (C=O) groups is 2. The number of hydrogen-bond acceptors (Lipinski definition) is 5. The Morgan fingerprint density at radius 2 is 1.94 bits per heavy atom. The number of aliphatic carboxylic acids is 1. The Hall–Kier alpha value is -1.10. The molecule has 16 heavy (non-hydrogen) atoms. The van der Waals surface area contributed by atoms with E-state index in [1.165, 1.54) is 14.0 Å². The van der Waals surface area contributed by atoms with Gasteiger partial charge in [0, 0.05) is 11.9 Å². The van der Waals surface area contributed by atoms with E-state index in [4.69, 9.17) is 0 Å². The van der Waals surface area contributed by atoms with Crippen LogP contribution in [0, 0.1) is 11.8 Å². The molecular weight excluding hydrogens is 212 g/mol. The third-order valence-electron chi connectivity index (χ3n) is 2.67. The van der Waals surface area contributed by atoms with Gasteiger partial charge in [0.1, 0.15) is 0 Å². The number of carboxylic acid groups (broad SMARTS) is 1. The van der Waals surface area contributed by atoms with Gasteiger partial charge in [-0.25, -0.2) is 4.79 Å². The van der Waals surface area contributed by atoms with Crippen molar-refractivity contribution in [3.05, 3.63) is 0 Å². The molecule has 0 aliphatic rings. The Bertz CT molecular complexity index is 257. The van der Waals surface area contributed by atoms with Crippen molar-refractivity contribution in [3.63, 3.8) is 0 Å². The van der Waals surface area contributed by atoms with Gasteiger partial charge in [0.05, 0.1) is 7.11 Å². The lowest BCUT2D eigenvalue weighted by atomic mass is 9.87. The summed E-state index contributed by atoms with van der Waals surface area (Å²) in [5.41, 5.74) is -1.64. The topological polar surface area (TPSA) is 86.7 Å². The van der Waals surface area contributed by atoms with E-state index in [2.05, 4.69) is 4.74 Å². The van der Waals surface area contributed by atoms with Crippen LogP contribution >= 0.6 is 0 Å². The molecule has 94 valence electrons. The second kappa shape index (κ2) is 5.84. The number of rotatable bonds is 6. The Morgan fingerprint density at radius 1 is 1.44 bits per heavy atom. The van der Waals surface area contributed by atoms with E-state index < -0.39 is 23.5 Å². The van der Waals surface area contributed by atoms with Crippen LogP contribution in [0.15, 0.2) is 0 Å². The van der Waals surface area contributed by atoms with Crippen LogP contribution in [0.3, 0.4) is 0 Å². The number of aliphatic hydroxyl groups is 1. The van der Waals surface area contributed by atoms with Gasteiger partial charge in [0.2, 0.25) is 0 Å². The Morgan fingerprint density at radius 3 is 2.25 bits per heavy atom. The fraction of sp³-hybridized carbons (Fsp3) is 0.818. The number of hydrogen-bond donors (Lipinski definition) is 1. The zero-order valence-corrected chi connectivity index (χ0v) is 10.1. The van der Waals surface area contributed by atoms with Crippen LogP contribution < -0.4 is 5.11 Å². The highest BCUT2D eigenvalue weighted by molar-refractivity contribution is 5.78. The molecule has 0 aliphatic heterocycles. The summed E-state index contributed by atoms with van der Waals surface area (Å²) in [7, 11) is 1.18. The summed E-state index contributed by atoms with van der Waals surface area (Å²) < 4.78 is 4.42. The number of methoxy groups -OCH3 is 1. The van der Waals surface area contributed by atoms with Gasteiger partial charge in [-0.3, -0.25) is 0 Å². The largest absolute Gasteiger partial charge is 0.550 e. The maximum Gasteiger partial charge on any atom is 0.337 e. The van der Waals surface area contributed by atoms with E-state index in [-0.39, 0.29) is 18.8 Å². The average Bonchev–Trinajstić information content (AvgIpc) is 2.15. The molecule has 0 aromatic heterocycles. The highest BCUT2D eigenvalue weighted by atomic mass is 16.5. The molecule has 0 heterocycles. The third-order valence-corrected chi connectivity index (χ3v) is 2.67. The highest BCUT2D eigenvalue weighted by Crippen LogP contribution is 2.22. The van der Waals surface area contributed by atoms with Crippen molar-refractivity contribution in [2.45, 2.75) is 39.2 Å². The smallest absolute Gasteiger partial charge is 0.337 e. The second-order valence-electron chi connectivity index (χ2n) is 4.47. The molecule has 0 fully saturated rings. The summed E-state index contributed by atoms with van der Waals surface area (Å²) in [5.74, 6) is -2.68. The first-order chi connectivity index (χ1) is 7.22. The van der Waals surface area contributed by atoms with Gasteiger partial charge in [0.15, 0.2) is 5.60 Å². The third kappa shape index (κ3) is 4.18. The first kappa shape index (κ1) is 14.9. The molecular formula is C11H19O5-. The molecule has 0 saturated heterocycles. The molecule has 0 bridgehead atoms. The maximum absolute atomic E-state index is 11.2. The normalized spacial score (nSPS) is 16.6. The molecule has 2 unspecified atom stereocenters. The van der Waals surface area contributed by atoms with Crippen molar-refractivity contribution < 1.29 is 24.5 Å². The Kier molecular flexibility index (Phi) is 5.44. The van der Waals surface area contributed by atoms with Gasteiger partial charge in [-0.15, -0.1) is 0 Å². The molecule has 1 N–H and O–H groups in total. The molecule has 0 spiro atoms. The van der Waals surface area contributed by atoms with Gasteiger partial charge in [-0.05, 0) is 25.7 Å². The van der Waals surface area contributed by atoms with Crippen LogP contribution in [-0.2, 0) is 14.3 Å². The molecule has 5 nitrogen and oxygen atoms in total. The second-order valence-corrected chi connectivity index (χ2v) is 4.47. The average molecular weight is 231 g/mol. The van der Waals surface area contributed by atoms with E-state index in [0.29, 0.717) is 0 Å². The Labute approximate surface area is 95.4 Å².